The molecule has 172 valence electrons. The number of nitro benzene ring substituents is 1. The van der Waals surface area contributed by atoms with Gasteiger partial charge in [0.05, 0.1) is 22.6 Å². The fourth-order valence-corrected chi connectivity index (χ4v) is 4.58. The Hall–Kier alpha value is -4.20. The molecule has 1 aliphatic rings. The molecule has 0 amide bonds. The number of nitro groups is 1. The van der Waals surface area contributed by atoms with Crippen molar-refractivity contribution in [1.29, 1.82) is 0 Å². The number of aliphatic carboxylic acids is 1. The van der Waals surface area contributed by atoms with E-state index in [0.29, 0.717) is 24.0 Å². The number of aromatic nitrogens is 2. The Morgan fingerprint density at radius 2 is 1.94 bits per heavy atom. The van der Waals surface area contributed by atoms with Crippen molar-refractivity contribution in [2.45, 2.75) is 32.3 Å². The van der Waals surface area contributed by atoms with Crippen LogP contribution in [0.1, 0.15) is 23.6 Å². The molecule has 0 aliphatic heterocycles. The summed E-state index contributed by atoms with van der Waals surface area (Å²) in [5, 5.41) is 29.3. The molecule has 4 aromatic rings. The Balaban J connectivity index is 1.61. The molecular weight excluding hydrogens is 434 g/mol. The van der Waals surface area contributed by atoms with Gasteiger partial charge < -0.3 is 9.84 Å². The highest BCUT2D eigenvalue weighted by atomic mass is 16.6. The number of benzene rings is 3. The van der Waals surface area contributed by atoms with Crippen molar-refractivity contribution in [3.63, 3.8) is 0 Å². The SMILES string of the molecule is CC(Cc1cc(-c2ccc3[nH]ncc3c2)c(OC2Cc3ccccc3C2)c([N+](=O)[O-])c1)C(=O)O. The predicted octanol–water partition coefficient (Wildman–Crippen LogP) is 4.95. The van der Waals surface area contributed by atoms with Gasteiger partial charge in [0.15, 0.2) is 0 Å². The van der Waals surface area contributed by atoms with Crippen LogP contribution < -0.4 is 4.74 Å². The first kappa shape index (κ1) is 21.6. The van der Waals surface area contributed by atoms with Gasteiger partial charge >= 0.3 is 11.7 Å². The van der Waals surface area contributed by atoms with Crippen LogP contribution >= 0.6 is 0 Å². The van der Waals surface area contributed by atoms with Crippen LogP contribution in [0.25, 0.3) is 22.0 Å². The molecule has 0 saturated heterocycles. The highest BCUT2D eigenvalue weighted by Gasteiger charge is 2.29. The molecule has 3 aromatic carbocycles. The summed E-state index contributed by atoms with van der Waals surface area (Å²) in [5.74, 6) is -1.43. The fourth-order valence-electron chi connectivity index (χ4n) is 4.58. The fraction of sp³-hybridized carbons (Fsp3) is 0.231. The maximum absolute atomic E-state index is 12.1. The van der Waals surface area contributed by atoms with E-state index in [9.17, 15) is 20.0 Å². The summed E-state index contributed by atoms with van der Waals surface area (Å²) in [6, 6.07) is 16.9. The van der Waals surface area contributed by atoms with Crippen LogP contribution in [0, 0.1) is 16.0 Å². The largest absolute Gasteiger partial charge is 0.482 e. The van der Waals surface area contributed by atoms with Crippen LogP contribution in [-0.4, -0.2) is 32.3 Å². The van der Waals surface area contributed by atoms with Crippen molar-refractivity contribution in [1.82, 2.24) is 10.2 Å². The number of carboxylic acid groups (broad SMARTS) is 1. The van der Waals surface area contributed by atoms with Gasteiger partial charge in [-0.05, 0) is 46.9 Å². The molecule has 0 saturated carbocycles. The summed E-state index contributed by atoms with van der Waals surface area (Å²) >= 11 is 0. The van der Waals surface area contributed by atoms with Crippen LogP contribution in [0.15, 0.2) is 60.8 Å². The highest BCUT2D eigenvalue weighted by Crippen LogP contribution is 2.42. The van der Waals surface area contributed by atoms with E-state index in [1.165, 1.54) is 17.2 Å². The molecule has 1 atom stereocenters. The Bertz CT molecular complexity index is 1390. The third kappa shape index (κ3) is 4.10. The lowest BCUT2D eigenvalue weighted by molar-refractivity contribution is -0.386. The first-order chi connectivity index (χ1) is 16.4. The average Bonchev–Trinajstić information content (AvgIpc) is 3.45. The number of H-pyrrole nitrogens is 1. The standard InChI is InChI=1S/C26H23N3O5/c1-15(26(30)31)8-16-9-22(19-6-7-23-20(11-19)14-27-28-23)25(24(10-16)29(32)33)34-21-12-17-4-2-3-5-18(17)13-21/h2-7,9-11,14-15,21H,8,12-13H2,1H3,(H,27,28)(H,30,31). The number of hydrogen-bond acceptors (Lipinski definition) is 5. The smallest absolute Gasteiger partial charge is 0.311 e. The lowest BCUT2D eigenvalue weighted by Crippen LogP contribution is -2.18. The minimum absolute atomic E-state index is 0.159. The van der Waals surface area contributed by atoms with Crippen molar-refractivity contribution in [2.75, 3.05) is 0 Å². The molecule has 0 bridgehead atoms. The van der Waals surface area contributed by atoms with Crippen molar-refractivity contribution < 1.29 is 19.6 Å². The van der Waals surface area contributed by atoms with Crippen molar-refractivity contribution in [3.05, 3.63) is 87.6 Å². The van der Waals surface area contributed by atoms with Gasteiger partial charge in [-0.15, -0.1) is 0 Å². The van der Waals surface area contributed by atoms with Gasteiger partial charge in [-0.3, -0.25) is 20.0 Å². The van der Waals surface area contributed by atoms with Crippen LogP contribution in [-0.2, 0) is 24.1 Å². The molecule has 0 radical (unpaired) electrons. The number of ether oxygens (including phenoxy) is 1. The third-order valence-corrected chi connectivity index (χ3v) is 6.34. The van der Waals surface area contributed by atoms with Gasteiger partial charge in [0.1, 0.15) is 6.10 Å². The topological polar surface area (TPSA) is 118 Å². The van der Waals surface area contributed by atoms with Crippen LogP contribution in [0.5, 0.6) is 5.75 Å². The summed E-state index contributed by atoms with van der Waals surface area (Å²) in [6.07, 6.45) is 2.98. The molecule has 8 nitrogen and oxygen atoms in total. The van der Waals surface area contributed by atoms with Crippen LogP contribution in [0.3, 0.4) is 0 Å². The zero-order chi connectivity index (χ0) is 23.8. The number of nitrogens with zero attached hydrogens (tertiary/aromatic N) is 2. The molecule has 0 spiro atoms. The lowest BCUT2D eigenvalue weighted by atomic mass is 9.94. The Morgan fingerprint density at radius 1 is 1.21 bits per heavy atom. The van der Waals surface area contributed by atoms with Gasteiger partial charge in [0, 0.05) is 29.9 Å². The van der Waals surface area contributed by atoms with E-state index in [-0.39, 0.29) is 24.0 Å². The number of aromatic amines is 1. The molecule has 34 heavy (non-hydrogen) atoms. The van der Waals surface area contributed by atoms with Crippen LogP contribution in [0.4, 0.5) is 5.69 Å². The predicted molar refractivity (Wildman–Crippen MR) is 127 cm³/mol. The van der Waals surface area contributed by atoms with Crippen molar-refractivity contribution >= 4 is 22.6 Å². The maximum atomic E-state index is 12.1. The first-order valence-electron chi connectivity index (χ1n) is 11.1. The zero-order valence-corrected chi connectivity index (χ0v) is 18.5. The summed E-state index contributed by atoms with van der Waals surface area (Å²) in [5.41, 5.74) is 4.95. The molecule has 1 aromatic heterocycles. The van der Waals surface area contributed by atoms with Crippen LogP contribution in [0.2, 0.25) is 0 Å². The van der Waals surface area contributed by atoms with Crippen molar-refractivity contribution in [3.8, 4) is 16.9 Å². The molecule has 1 heterocycles. The highest BCUT2D eigenvalue weighted by molar-refractivity contribution is 5.87. The first-order valence-corrected chi connectivity index (χ1v) is 11.1. The van der Waals surface area contributed by atoms with Gasteiger partial charge in [0.25, 0.3) is 0 Å². The summed E-state index contributed by atoms with van der Waals surface area (Å²) < 4.78 is 6.36. The number of nitrogens with one attached hydrogen (secondary N) is 1. The Kier molecular flexibility index (Phi) is 5.49. The van der Waals surface area contributed by atoms with E-state index in [1.54, 1.807) is 13.1 Å². The minimum Gasteiger partial charge on any atom is -0.482 e. The van der Waals surface area contributed by atoms with Gasteiger partial charge in [-0.25, -0.2) is 0 Å². The number of hydrogen-bond donors (Lipinski definition) is 2. The number of carbonyl (C=O) groups is 1. The van der Waals surface area contributed by atoms with Gasteiger partial charge in [-0.1, -0.05) is 37.3 Å². The number of fused-ring (bicyclic) bond motifs is 2. The van der Waals surface area contributed by atoms with E-state index < -0.39 is 16.8 Å². The minimum atomic E-state index is -0.951. The van der Waals surface area contributed by atoms with E-state index in [1.807, 2.05) is 36.4 Å². The molecule has 5 rings (SSSR count). The second-order valence-electron chi connectivity index (χ2n) is 8.78. The summed E-state index contributed by atoms with van der Waals surface area (Å²) in [4.78, 5) is 23.1. The van der Waals surface area contributed by atoms with E-state index in [0.717, 1.165) is 16.5 Å². The molecule has 0 fully saturated rings. The number of carboxylic acids is 1. The maximum Gasteiger partial charge on any atom is 0.311 e. The third-order valence-electron chi connectivity index (χ3n) is 6.34. The van der Waals surface area contributed by atoms with Gasteiger partial charge in [-0.2, -0.15) is 5.10 Å². The van der Waals surface area contributed by atoms with E-state index >= 15 is 0 Å². The van der Waals surface area contributed by atoms with Crippen molar-refractivity contribution in [2.24, 2.45) is 5.92 Å². The average molecular weight is 457 g/mol. The Morgan fingerprint density at radius 3 is 2.62 bits per heavy atom. The Labute approximate surface area is 195 Å². The molecule has 1 unspecified atom stereocenters. The normalized spacial score (nSPS) is 14.1. The molecule has 8 heteroatoms. The molecular formula is C26H23N3O5. The monoisotopic (exact) mass is 457 g/mol. The lowest BCUT2D eigenvalue weighted by Gasteiger charge is -2.19. The molecule has 2 N–H and O–H groups in total. The van der Waals surface area contributed by atoms with Gasteiger partial charge in [0.2, 0.25) is 5.75 Å². The van der Waals surface area contributed by atoms with E-state index in [4.69, 9.17) is 4.74 Å². The summed E-state index contributed by atoms with van der Waals surface area (Å²) in [6.45, 7) is 1.59. The quantitative estimate of drug-likeness (QED) is 0.299. The number of rotatable bonds is 7. The second-order valence-corrected chi connectivity index (χ2v) is 8.78. The summed E-state index contributed by atoms with van der Waals surface area (Å²) in [7, 11) is 0. The second kappa shape index (κ2) is 8.62. The van der Waals surface area contributed by atoms with E-state index in [2.05, 4.69) is 22.3 Å². The molecule has 1 aliphatic carbocycles. The zero-order valence-electron chi connectivity index (χ0n) is 18.5.